The van der Waals surface area contributed by atoms with Gasteiger partial charge in [0.05, 0.1) is 5.56 Å². The van der Waals surface area contributed by atoms with Crippen LogP contribution in [0.4, 0.5) is 13.2 Å². The molecule has 0 bridgehead atoms. The van der Waals surface area contributed by atoms with E-state index in [1.54, 1.807) is 4.90 Å². The summed E-state index contributed by atoms with van der Waals surface area (Å²) in [5.74, 6) is 0.257. The third-order valence-corrected chi connectivity index (χ3v) is 5.17. The van der Waals surface area contributed by atoms with Gasteiger partial charge in [0.2, 0.25) is 11.8 Å². The molecule has 154 valence electrons. The molecule has 0 atom stereocenters. The monoisotopic (exact) mass is 399 g/mol. The van der Waals surface area contributed by atoms with E-state index in [0.29, 0.717) is 31.0 Å². The number of carbonyl (C=O) groups excluding carboxylic acids is 2. The van der Waals surface area contributed by atoms with Gasteiger partial charge >= 0.3 is 6.18 Å². The first kappa shape index (κ1) is 20.4. The molecular formula is C19H24F3N3O3. The lowest BCUT2D eigenvalue weighted by Crippen LogP contribution is -2.44. The molecule has 0 saturated carbocycles. The van der Waals surface area contributed by atoms with Crippen LogP contribution >= 0.6 is 0 Å². The molecule has 2 fully saturated rings. The molecule has 6 nitrogen and oxygen atoms in total. The maximum absolute atomic E-state index is 12.6. The van der Waals surface area contributed by atoms with Crippen LogP contribution in [0.2, 0.25) is 0 Å². The van der Waals surface area contributed by atoms with Gasteiger partial charge in [-0.2, -0.15) is 13.2 Å². The summed E-state index contributed by atoms with van der Waals surface area (Å²) in [6, 6.07) is 2.70. The van der Waals surface area contributed by atoms with Gasteiger partial charge in [0.1, 0.15) is 0 Å². The van der Waals surface area contributed by atoms with E-state index < -0.39 is 12.8 Å². The molecule has 0 aromatic carbocycles. The number of hydrogen-bond acceptors (Lipinski definition) is 4. The number of rotatable bonds is 5. The Morgan fingerprint density at radius 2 is 1.93 bits per heavy atom. The third kappa shape index (κ3) is 5.59. The van der Waals surface area contributed by atoms with Gasteiger partial charge in [-0.05, 0) is 37.7 Å². The summed E-state index contributed by atoms with van der Waals surface area (Å²) >= 11 is 0. The van der Waals surface area contributed by atoms with Gasteiger partial charge in [0.25, 0.3) is 5.91 Å². The first-order valence-corrected chi connectivity index (χ1v) is 9.54. The maximum atomic E-state index is 12.6. The van der Waals surface area contributed by atoms with Crippen molar-refractivity contribution in [2.45, 2.75) is 38.3 Å². The highest BCUT2D eigenvalue weighted by Crippen LogP contribution is 2.23. The molecule has 9 heteroatoms. The lowest BCUT2D eigenvalue weighted by Gasteiger charge is -2.36. The van der Waals surface area contributed by atoms with E-state index in [4.69, 9.17) is 0 Å². The number of halogens is 3. The number of nitrogens with zero attached hydrogens (tertiary/aromatic N) is 3. The molecule has 2 aliphatic heterocycles. The SMILES string of the molecule is O=C1CCCCN1CC1CCN(C(=O)c2ccc(OCC(F)(F)F)nc2)CC1. The van der Waals surface area contributed by atoms with Crippen LogP contribution in [0.1, 0.15) is 42.5 Å². The van der Waals surface area contributed by atoms with E-state index in [0.717, 1.165) is 38.8 Å². The minimum atomic E-state index is -4.43. The zero-order chi connectivity index (χ0) is 20.1. The molecular weight excluding hydrogens is 375 g/mol. The molecule has 0 unspecified atom stereocenters. The number of carbonyl (C=O) groups is 2. The molecule has 0 N–H and O–H groups in total. The number of amides is 2. The van der Waals surface area contributed by atoms with E-state index in [1.807, 2.05) is 4.90 Å². The Morgan fingerprint density at radius 1 is 1.18 bits per heavy atom. The topological polar surface area (TPSA) is 62.7 Å². The van der Waals surface area contributed by atoms with Gasteiger partial charge in [0.15, 0.2) is 6.61 Å². The predicted molar refractivity (Wildman–Crippen MR) is 94.8 cm³/mol. The number of alkyl halides is 3. The molecule has 1 aromatic heterocycles. The van der Waals surface area contributed by atoms with Gasteiger partial charge in [-0.25, -0.2) is 4.98 Å². The standard InChI is InChI=1S/C19H24F3N3O3/c20-19(21,22)13-28-16-5-4-15(11-23-16)18(27)24-9-6-14(7-10-24)12-25-8-2-1-3-17(25)26/h4-5,11,14H,1-3,6-10,12-13H2. The van der Waals surface area contributed by atoms with Crippen LogP contribution in [0.25, 0.3) is 0 Å². The van der Waals surface area contributed by atoms with E-state index in [9.17, 15) is 22.8 Å². The molecule has 0 radical (unpaired) electrons. The highest BCUT2D eigenvalue weighted by molar-refractivity contribution is 5.94. The molecule has 0 spiro atoms. The second-order valence-corrected chi connectivity index (χ2v) is 7.32. The Hall–Kier alpha value is -2.32. The van der Waals surface area contributed by atoms with Gasteiger partial charge in [-0.15, -0.1) is 0 Å². The van der Waals surface area contributed by atoms with Crippen molar-refractivity contribution in [3.05, 3.63) is 23.9 Å². The number of ether oxygens (including phenoxy) is 1. The lowest BCUT2D eigenvalue weighted by atomic mass is 9.95. The molecule has 28 heavy (non-hydrogen) atoms. The second kappa shape index (κ2) is 8.79. The van der Waals surface area contributed by atoms with E-state index in [1.165, 1.54) is 18.3 Å². The number of pyridine rings is 1. The van der Waals surface area contributed by atoms with Crippen molar-refractivity contribution in [1.29, 1.82) is 0 Å². The molecule has 2 saturated heterocycles. The average Bonchev–Trinajstić information content (AvgIpc) is 2.68. The van der Waals surface area contributed by atoms with Crippen LogP contribution in [0.3, 0.4) is 0 Å². The average molecular weight is 399 g/mol. The zero-order valence-corrected chi connectivity index (χ0v) is 15.6. The molecule has 3 rings (SSSR count). The number of piperidine rings is 2. The molecule has 1 aromatic rings. The fraction of sp³-hybridized carbons (Fsp3) is 0.632. The Labute approximate surface area is 161 Å². The number of hydrogen-bond donors (Lipinski definition) is 0. The van der Waals surface area contributed by atoms with Gasteiger partial charge in [0, 0.05) is 44.9 Å². The van der Waals surface area contributed by atoms with Crippen molar-refractivity contribution in [3.8, 4) is 5.88 Å². The quantitative estimate of drug-likeness (QED) is 0.764. The smallest absolute Gasteiger partial charge is 0.422 e. The molecule has 3 heterocycles. The van der Waals surface area contributed by atoms with Crippen LogP contribution in [0.5, 0.6) is 5.88 Å². The van der Waals surface area contributed by atoms with Crippen molar-refractivity contribution >= 4 is 11.8 Å². The van der Waals surface area contributed by atoms with Crippen LogP contribution in [0, 0.1) is 5.92 Å². The van der Waals surface area contributed by atoms with Crippen LogP contribution in [-0.4, -0.2) is 65.6 Å². The normalized spacial score (nSPS) is 19.0. The van der Waals surface area contributed by atoms with Crippen LogP contribution in [0.15, 0.2) is 18.3 Å². The Bertz CT molecular complexity index is 686. The summed E-state index contributed by atoms with van der Waals surface area (Å²) in [6.45, 7) is 1.36. The molecule has 0 aliphatic carbocycles. The zero-order valence-electron chi connectivity index (χ0n) is 15.6. The van der Waals surface area contributed by atoms with Crippen molar-refractivity contribution < 1.29 is 27.5 Å². The summed E-state index contributed by atoms with van der Waals surface area (Å²) < 4.78 is 41.0. The highest BCUT2D eigenvalue weighted by Gasteiger charge is 2.29. The van der Waals surface area contributed by atoms with Crippen LogP contribution < -0.4 is 4.74 Å². The first-order valence-electron chi connectivity index (χ1n) is 9.54. The first-order chi connectivity index (χ1) is 13.3. The van der Waals surface area contributed by atoms with Gasteiger partial charge in [-0.3, -0.25) is 9.59 Å². The minimum absolute atomic E-state index is 0.168. The fourth-order valence-corrected chi connectivity index (χ4v) is 3.62. The fourth-order valence-electron chi connectivity index (χ4n) is 3.62. The number of likely N-dealkylation sites (tertiary alicyclic amines) is 2. The lowest BCUT2D eigenvalue weighted by molar-refractivity contribution is -0.154. The summed E-state index contributed by atoms with van der Waals surface area (Å²) in [4.78, 5) is 32.0. The van der Waals surface area contributed by atoms with Crippen molar-refractivity contribution in [2.24, 2.45) is 5.92 Å². The van der Waals surface area contributed by atoms with Crippen molar-refractivity contribution in [3.63, 3.8) is 0 Å². The second-order valence-electron chi connectivity index (χ2n) is 7.32. The highest BCUT2D eigenvalue weighted by atomic mass is 19.4. The summed E-state index contributed by atoms with van der Waals surface area (Å²) in [6.07, 6.45) is 1.12. The summed E-state index contributed by atoms with van der Waals surface area (Å²) in [5.41, 5.74) is 0.323. The van der Waals surface area contributed by atoms with Gasteiger partial charge in [-0.1, -0.05) is 0 Å². The summed E-state index contributed by atoms with van der Waals surface area (Å²) in [5, 5.41) is 0. The maximum Gasteiger partial charge on any atom is 0.422 e. The van der Waals surface area contributed by atoms with E-state index in [-0.39, 0.29) is 17.7 Å². The van der Waals surface area contributed by atoms with Gasteiger partial charge < -0.3 is 14.5 Å². The Kier molecular flexibility index (Phi) is 6.41. The largest absolute Gasteiger partial charge is 0.468 e. The van der Waals surface area contributed by atoms with Crippen molar-refractivity contribution in [2.75, 3.05) is 32.8 Å². The Morgan fingerprint density at radius 3 is 2.54 bits per heavy atom. The minimum Gasteiger partial charge on any atom is -0.468 e. The number of aromatic nitrogens is 1. The molecule has 2 amide bonds. The third-order valence-electron chi connectivity index (χ3n) is 5.17. The Balaban J connectivity index is 1.47. The predicted octanol–water partition coefficient (Wildman–Crippen LogP) is 2.89. The van der Waals surface area contributed by atoms with Crippen molar-refractivity contribution in [1.82, 2.24) is 14.8 Å². The van der Waals surface area contributed by atoms with E-state index >= 15 is 0 Å². The summed E-state index contributed by atoms with van der Waals surface area (Å²) in [7, 11) is 0. The molecule has 2 aliphatic rings. The van der Waals surface area contributed by atoms with E-state index in [2.05, 4.69) is 9.72 Å². The van der Waals surface area contributed by atoms with Crippen LogP contribution in [-0.2, 0) is 4.79 Å².